The molecular formula is C14H13F3N2. The first-order chi connectivity index (χ1) is 8.88. The SMILES string of the molecule is Cc1cccc(C(N)c2cccc(C(F)(F)F)c2)n1. The molecule has 2 aromatic rings. The second-order valence-corrected chi connectivity index (χ2v) is 4.30. The van der Waals surface area contributed by atoms with Crippen molar-refractivity contribution in [1.29, 1.82) is 0 Å². The molecule has 1 atom stereocenters. The molecule has 0 amide bonds. The van der Waals surface area contributed by atoms with E-state index in [1.54, 1.807) is 18.2 Å². The second kappa shape index (κ2) is 5.01. The highest BCUT2D eigenvalue weighted by Crippen LogP contribution is 2.31. The number of aromatic nitrogens is 1. The molecule has 1 unspecified atom stereocenters. The molecule has 2 nitrogen and oxygen atoms in total. The summed E-state index contributed by atoms with van der Waals surface area (Å²) in [6.45, 7) is 1.81. The van der Waals surface area contributed by atoms with Gasteiger partial charge in [0.05, 0.1) is 17.3 Å². The van der Waals surface area contributed by atoms with E-state index < -0.39 is 17.8 Å². The molecule has 0 saturated heterocycles. The monoisotopic (exact) mass is 266 g/mol. The number of nitrogens with zero attached hydrogens (tertiary/aromatic N) is 1. The number of hydrogen-bond acceptors (Lipinski definition) is 2. The number of benzene rings is 1. The van der Waals surface area contributed by atoms with Crippen molar-refractivity contribution in [3.8, 4) is 0 Å². The van der Waals surface area contributed by atoms with E-state index in [0.29, 0.717) is 11.3 Å². The topological polar surface area (TPSA) is 38.9 Å². The van der Waals surface area contributed by atoms with Crippen LogP contribution in [-0.2, 0) is 6.18 Å². The van der Waals surface area contributed by atoms with Gasteiger partial charge in [-0.05, 0) is 36.8 Å². The Kier molecular flexibility index (Phi) is 3.57. The van der Waals surface area contributed by atoms with Crippen LogP contribution in [0, 0.1) is 6.92 Å². The first-order valence-corrected chi connectivity index (χ1v) is 5.74. The number of nitrogens with two attached hydrogens (primary N) is 1. The summed E-state index contributed by atoms with van der Waals surface area (Å²) in [6, 6.07) is 9.65. The third kappa shape index (κ3) is 3.12. The summed E-state index contributed by atoms with van der Waals surface area (Å²) < 4.78 is 37.9. The lowest BCUT2D eigenvalue weighted by Crippen LogP contribution is -2.15. The van der Waals surface area contributed by atoms with Crippen LogP contribution in [0.2, 0.25) is 0 Å². The Labute approximate surface area is 109 Å². The van der Waals surface area contributed by atoms with Gasteiger partial charge in [-0.1, -0.05) is 18.2 Å². The quantitative estimate of drug-likeness (QED) is 0.904. The zero-order valence-corrected chi connectivity index (χ0v) is 10.3. The molecule has 1 aromatic heterocycles. The van der Waals surface area contributed by atoms with Gasteiger partial charge in [-0.3, -0.25) is 4.98 Å². The summed E-state index contributed by atoms with van der Waals surface area (Å²) in [5.41, 5.74) is 7.00. The molecule has 1 aromatic carbocycles. The van der Waals surface area contributed by atoms with Crippen LogP contribution in [0.1, 0.15) is 28.6 Å². The second-order valence-electron chi connectivity index (χ2n) is 4.30. The first-order valence-electron chi connectivity index (χ1n) is 5.74. The van der Waals surface area contributed by atoms with Gasteiger partial charge >= 0.3 is 6.18 Å². The van der Waals surface area contributed by atoms with E-state index in [2.05, 4.69) is 4.98 Å². The maximum absolute atomic E-state index is 12.6. The number of hydrogen-bond donors (Lipinski definition) is 1. The zero-order chi connectivity index (χ0) is 14.0. The Morgan fingerprint density at radius 3 is 2.42 bits per heavy atom. The Balaban J connectivity index is 2.37. The molecule has 0 fully saturated rings. The van der Waals surface area contributed by atoms with Crippen LogP contribution in [0.3, 0.4) is 0 Å². The zero-order valence-electron chi connectivity index (χ0n) is 10.3. The van der Waals surface area contributed by atoms with Crippen LogP contribution in [0.5, 0.6) is 0 Å². The average molecular weight is 266 g/mol. The fourth-order valence-corrected chi connectivity index (χ4v) is 1.82. The normalized spacial score (nSPS) is 13.3. The molecule has 1 heterocycles. The van der Waals surface area contributed by atoms with E-state index in [4.69, 9.17) is 5.73 Å². The summed E-state index contributed by atoms with van der Waals surface area (Å²) >= 11 is 0. The van der Waals surface area contributed by atoms with Crippen LogP contribution in [0.15, 0.2) is 42.5 Å². The van der Waals surface area contributed by atoms with Crippen molar-refractivity contribution in [3.05, 3.63) is 65.0 Å². The standard InChI is InChI=1S/C14H13F3N2/c1-9-4-2-7-12(19-9)13(18)10-5-3-6-11(8-10)14(15,16)17/h2-8,13H,18H2,1H3. The van der Waals surface area contributed by atoms with Gasteiger partial charge in [0.1, 0.15) is 0 Å². The number of halogens is 3. The van der Waals surface area contributed by atoms with Gasteiger partial charge in [0.2, 0.25) is 0 Å². The molecule has 2 rings (SSSR count). The minimum Gasteiger partial charge on any atom is -0.319 e. The smallest absolute Gasteiger partial charge is 0.319 e. The molecule has 2 N–H and O–H groups in total. The number of rotatable bonds is 2. The minimum absolute atomic E-state index is 0.396. The van der Waals surface area contributed by atoms with E-state index in [1.165, 1.54) is 6.07 Å². The van der Waals surface area contributed by atoms with Crippen molar-refractivity contribution in [2.75, 3.05) is 0 Å². The molecule has 100 valence electrons. The van der Waals surface area contributed by atoms with Gasteiger partial charge in [-0.15, -0.1) is 0 Å². The maximum atomic E-state index is 12.6. The van der Waals surface area contributed by atoms with Crippen LogP contribution in [0.4, 0.5) is 13.2 Å². The van der Waals surface area contributed by atoms with Crippen molar-refractivity contribution in [2.45, 2.75) is 19.1 Å². The largest absolute Gasteiger partial charge is 0.416 e. The number of pyridine rings is 1. The molecule has 0 spiro atoms. The van der Waals surface area contributed by atoms with Crippen LogP contribution in [0.25, 0.3) is 0 Å². The highest BCUT2D eigenvalue weighted by Gasteiger charge is 2.30. The summed E-state index contributed by atoms with van der Waals surface area (Å²) in [5, 5.41) is 0. The highest BCUT2D eigenvalue weighted by molar-refractivity contribution is 5.32. The van der Waals surface area contributed by atoms with Crippen LogP contribution in [-0.4, -0.2) is 4.98 Å². The first kappa shape index (κ1) is 13.5. The van der Waals surface area contributed by atoms with Gasteiger partial charge in [0.15, 0.2) is 0 Å². The van der Waals surface area contributed by atoms with Gasteiger partial charge in [-0.2, -0.15) is 13.2 Å². The molecule has 0 radical (unpaired) electrons. The van der Waals surface area contributed by atoms with Gasteiger partial charge < -0.3 is 5.73 Å². The van der Waals surface area contributed by atoms with Gasteiger partial charge in [0.25, 0.3) is 0 Å². The maximum Gasteiger partial charge on any atom is 0.416 e. The van der Waals surface area contributed by atoms with Crippen molar-refractivity contribution in [1.82, 2.24) is 4.98 Å². The molecular weight excluding hydrogens is 253 g/mol. The number of aryl methyl sites for hydroxylation is 1. The number of alkyl halides is 3. The van der Waals surface area contributed by atoms with E-state index in [1.807, 2.05) is 13.0 Å². The molecule has 5 heteroatoms. The predicted octanol–water partition coefficient (Wildman–Crippen LogP) is 3.46. The van der Waals surface area contributed by atoms with E-state index in [9.17, 15) is 13.2 Å². The molecule has 19 heavy (non-hydrogen) atoms. The van der Waals surface area contributed by atoms with E-state index >= 15 is 0 Å². The molecule has 0 aliphatic carbocycles. The summed E-state index contributed by atoms with van der Waals surface area (Å²) in [5.74, 6) is 0. The third-order valence-electron chi connectivity index (χ3n) is 2.80. The highest BCUT2D eigenvalue weighted by atomic mass is 19.4. The summed E-state index contributed by atoms with van der Waals surface area (Å²) in [4.78, 5) is 4.24. The lowest BCUT2D eigenvalue weighted by Gasteiger charge is -2.14. The Bertz CT molecular complexity index is 579. The molecule has 0 saturated carbocycles. The molecule has 0 aliphatic rings. The Hall–Kier alpha value is -1.88. The van der Waals surface area contributed by atoms with E-state index in [-0.39, 0.29) is 0 Å². The van der Waals surface area contributed by atoms with Crippen molar-refractivity contribution in [2.24, 2.45) is 5.73 Å². The fourth-order valence-electron chi connectivity index (χ4n) is 1.82. The third-order valence-corrected chi connectivity index (χ3v) is 2.80. The van der Waals surface area contributed by atoms with Crippen molar-refractivity contribution >= 4 is 0 Å². The molecule has 0 bridgehead atoms. The van der Waals surface area contributed by atoms with E-state index in [0.717, 1.165) is 17.8 Å². The van der Waals surface area contributed by atoms with Crippen LogP contribution >= 0.6 is 0 Å². The Morgan fingerprint density at radius 2 is 1.79 bits per heavy atom. The summed E-state index contributed by atoms with van der Waals surface area (Å²) in [6.07, 6.45) is -4.37. The minimum atomic E-state index is -4.37. The van der Waals surface area contributed by atoms with Gasteiger partial charge in [-0.25, -0.2) is 0 Å². The Morgan fingerprint density at radius 1 is 1.11 bits per heavy atom. The lowest BCUT2D eigenvalue weighted by molar-refractivity contribution is -0.137. The van der Waals surface area contributed by atoms with Crippen molar-refractivity contribution < 1.29 is 13.2 Å². The lowest BCUT2D eigenvalue weighted by atomic mass is 10.0. The fraction of sp³-hybridized carbons (Fsp3) is 0.214. The van der Waals surface area contributed by atoms with Crippen molar-refractivity contribution in [3.63, 3.8) is 0 Å². The molecule has 0 aliphatic heterocycles. The predicted molar refractivity (Wildman–Crippen MR) is 66.4 cm³/mol. The van der Waals surface area contributed by atoms with Gasteiger partial charge in [0, 0.05) is 5.69 Å². The average Bonchev–Trinajstić information content (AvgIpc) is 2.37. The van der Waals surface area contributed by atoms with Crippen LogP contribution < -0.4 is 5.73 Å². The summed E-state index contributed by atoms with van der Waals surface area (Å²) in [7, 11) is 0.